The van der Waals surface area contributed by atoms with Crippen LogP contribution in [0.5, 0.6) is 0 Å². The summed E-state index contributed by atoms with van der Waals surface area (Å²) in [5.41, 5.74) is 0. The van der Waals surface area contributed by atoms with Crippen LogP contribution in [-0.2, 0) is 14.3 Å². The predicted octanol–water partition coefficient (Wildman–Crippen LogP) is 20.5. The van der Waals surface area contributed by atoms with Crippen molar-refractivity contribution in [3.05, 3.63) is 85.1 Å². The summed E-state index contributed by atoms with van der Waals surface area (Å²) in [7, 11) is 0. The van der Waals surface area contributed by atoms with Crippen LogP contribution in [0.25, 0.3) is 0 Å². The molecule has 1 saturated heterocycles. The van der Waals surface area contributed by atoms with Crippen molar-refractivity contribution in [2.45, 2.75) is 384 Å². The lowest BCUT2D eigenvalue weighted by Crippen LogP contribution is -2.60. The molecule has 9 heteroatoms. The molecule has 0 aliphatic carbocycles. The molecule has 7 unspecified atom stereocenters. The van der Waals surface area contributed by atoms with Gasteiger partial charge in [-0.05, 0) is 70.6 Å². The first-order valence-electron chi connectivity index (χ1n) is 36.8. The Labute approximate surface area is 531 Å². The third-order valence-electron chi connectivity index (χ3n) is 17.3. The van der Waals surface area contributed by atoms with Gasteiger partial charge in [-0.2, -0.15) is 0 Å². The number of aliphatic hydroxyl groups excluding tert-OH is 5. The van der Waals surface area contributed by atoms with Gasteiger partial charge >= 0.3 is 0 Å². The largest absolute Gasteiger partial charge is 0.394 e. The van der Waals surface area contributed by atoms with Crippen LogP contribution in [0.15, 0.2) is 85.1 Å². The molecule has 0 bridgehead atoms. The number of amides is 1. The summed E-state index contributed by atoms with van der Waals surface area (Å²) in [6.07, 6.45) is 86.5. The summed E-state index contributed by atoms with van der Waals surface area (Å²) < 4.78 is 11.4. The molecule has 1 heterocycles. The Morgan fingerprint density at radius 2 is 0.721 bits per heavy atom. The van der Waals surface area contributed by atoms with E-state index in [1.54, 1.807) is 0 Å². The van der Waals surface area contributed by atoms with Crippen molar-refractivity contribution in [2.24, 2.45) is 0 Å². The van der Waals surface area contributed by atoms with Gasteiger partial charge in [-0.25, -0.2) is 0 Å². The van der Waals surface area contributed by atoms with Gasteiger partial charge in [-0.1, -0.05) is 349 Å². The summed E-state index contributed by atoms with van der Waals surface area (Å²) >= 11 is 0. The standard InChI is InChI=1S/C77H139NO8/c1-3-5-7-9-11-13-15-17-19-21-23-25-27-29-31-33-34-35-36-37-38-39-41-43-45-47-49-51-53-55-57-59-61-63-65-67-73(81)78-70(69-85-77-76(84)75(83)74(82)72(68-79)86-77)71(80)66-64-62-60-58-56-54-52-50-48-46-44-42-40-32-30-28-26-24-22-20-18-16-14-12-10-8-6-4-2/h5,7,11,13,17,19,23,25,29,31,34-35,37-38,70-72,74-77,79-80,82-84H,3-4,6,8-10,12,14-16,18,20-22,24,26-28,30,32-33,36,39-69H2,1-2H3,(H,78,81)/b7-5-,13-11-,19-17-,25-23-,31-29-,35-34-,38-37-. The van der Waals surface area contributed by atoms with E-state index in [2.05, 4.69) is 104 Å². The minimum atomic E-state index is -1.56. The Hall–Kier alpha value is -2.63. The van der Waals surface area contributed by atoms with Crippen LogP contribution >= 0.6 is 0 Å². The van der Waals surface area contributed by atoms with Crippen molar-refractivity contribution >= 4 is 5.91 Å². The molecular weight excluding hydrogens is 1070 g/mol. The van der Waals surface area contributed by atoms with Gasteiger partial charge in [-0.3, -0.25) is 4.79 Å². The molecular formula is C77H139NO8. The van der Waals surface area contributed by atoms with Gasteiger partial charge in [0.2, 0.25) is 5.91 Å². The molecule has 9 nitrogen and oxygen atoms in total. The lowest BCUT2D eigenvalue weighted by molar-refractivity contribution is -0.302. The van der Waals surface area contributed by atoms with E-state index in [4.69, 9.17) is 9.47 Å². The van der Waals surface area contributed by atoms with Crippen LogP contribution in [0.3, 0.4) is 0 Å². The first-order chi connectivity index (χ1) is 42.3. The quantitative estimate of drug-likeness (QED) is 0.0261. The topological polar surface area (TPSA) is 149 Å². The Balaban J connectivity index is 2.11. The second-order valence-electron chi connectivity index (χ2n) is 25.4. The highest BCUT2D eigenvalue weighted by Crippen LogP contribution is 2.24. The lowest BCUT2D eigenvalue weighted by atomic mass is 9.99. The first-order valence-corrected chi connectivity index (χ1v) is 36.8. The maximum absolute atomic E-state index is 13.2. The van der Waals surface area contributed by atoms with E-state index in [-0.39, 0.29) is 12.5 Å². The van der Waals surface area contributed by atoms with Crippen LogP contribution in [0.1, 0.15) is 341 Å². The van der Waals surface area contributed by atoms with Gasteiger partial charge in [0.05, 0.1) is 25.4 Å². The number of unbranched alkanes of at least 4 members (excludes halogenated alkanes) is 40. The molecule has 0 aromatic rings. The average Bonchev–Trinajstić information content (AvgIpc) is 3.65. The number of ether oxygens (including phenoxy) is 2. The van der Waals surface area contributed by atoms with Crippen molar-refractivity contribution in [3.63, 3.8) is 0 Å². The summed E-state index contributed by atoms with van der Waals surface area (Å²) in [5.74, 6) is -0.143. The number of hydrogen-bond donors (Lipinski definition) is 6. The molecule has 0 aromatic heterocycles. The minimum absolute atomic E-state index is 0.139. The van der Waals surface area contributed by atoms with Crippen molar-refractivity contribution in [1.29, 1.82) is 0 Å². The zero-order valence-corrected chi connectivity index (χ0v) is 56.1. The van der Waals surface area contributed by atoms with Gasteiger partial charge < -0.3 is 40.3 Å². The summed E-state index contributed by atoms with van der Waals surface area (Å²) in [5, 5.41) is 55.0. The smallest absolute Gasteiger partial charge is 0.220 e. The number of rotatable bonds is 64. The van der Waals surface area contributed by atoms with Crippen molar-refractivity contribution in [3.8, 4) is 0 Å². The molecule has 500 valence electrons. The van der Waals surface area contributed by atoms with Crippen LogP contribution < -0.4 is 5.32 Å². The third kappa shape index (κ3) is 53.2. The Bertz CT molecular complexity index is 1640. The van der Waals surface area contributed by atoms with E-state index in [9.17, 15) is 30.3 Å². The van der Waals surface area contributed by atoms with E-state index in [1.807, 2.05) is 0 Å². The van der Waals surface area contributed by atoms with Crippen LogP contribution in [0, 0.1) is 0 Å². The molecule has 0 radical (unpaired) electrons. The number of hydrogen-bond acceptors (Lipinski definition) is 8. The molecule has 1 amide bonds. The second kappa shape index (κ2) is 65.3. The lowest BCUT2D eigenvalue weighted by Gasteiger charge is -2.40. The molecule has 0 aromatic carbocycles. The highest BCUT2D eigenvalue weighted by molar-refractivity contribution is 5.76. The van der Waals surface area contributed by atoms with Crippen molar-refractivity contribution in [1.82, 2.24) is 5.32 Å². The number of allylic oxidation sites excluding steroid dienone is 14. The Morgan fingerprint density at radius 1 is 0.407 bits per heavy atom. The number of carbonyl (C=O) groups excluding carboxylic acids is 1. The maximum atomic E-state index is 13.2. The molecule has 0 spiro atoms. The summed E-state index contributed by atoms with van der Waals surface area (Å²) in [6.45, 7) is 3.76. The minimum Gasteiger partial charge on any atom is -0.394 e. The average molecular weight is 1210 g/mol. The fraction of sp³-hybridized carbons (Fsp3) is 0.805. The van der Waals surface area contributed by atoms with E-state index >= 15 is 0 Å². The Kier molecular flexibility index (Phi) is 61.8. The van der Waals surface area contributed by atoms with E-state index in [0.717, 1.165) is 83.5 Å². The van der Waals surface area contributed by atoms with Crippen molar-refractivity contribution < 1.29 is 39.8 Å². The molecule has 86 heavy (non-hydrogen) atoms. The fourth-order valence-electron chi connectivity index (χ4n) is 11.6. The highest BCUT2D eigenvalue weighted by atomic mass is 16.7. The van der Waals surface area contributed by atoms with Crippen LogP contribution in [0.4, 0.5) is 0 Å². The SMILES string of the molecule is CC/C=C\C/C=C\C/C=C\C/C=C\C/C=C\C/C=C\C/C=C\CCCCCCCCCCCCCCCC(=O)NC(COC1OC(CO)C(O)C(O)C1O)C(O)CCCCCCCCCCCCCCCCCCCCCCCCCCCCCC. The van der Waals surface area contributed by atoms with E-state index in [0.29, 0.717) is 12.8 Å². The van der Waals surface area contributed by atoms with E-state index in [1.165, 1.54) is 231 Å². The molecule has 1 aliphatic rings. The van der Waals surface area contributed by atoms with Gasteiger partial charge in [-0.15, -0.1) is 0 Å². The molecule has 0 saturated carbocycles. The third-order valence-corrected chi connectivity index (χ3v) is 17.3. The van der Waals surface area contributed by atoms with Gasteiger partial charge in [0.25, 0.3) is 0 Å². The first kappa shape index (κ1) is 81.4. The molecule has 7 atom stereocenters. The molecule has 1 aliphatic heterocycles. The zero-order chi connectivity index (χ0) is 62.1. The number of nitrogens with one attached hydrogen (secondary N) is 1. The second-order valence-corrected chi connectivity index (χ2v) is 25.4. The van der Waals surface area contributed by atoms with E-state index < -0.39 is 49.5 Å². The number of aliphatic hydroxyl groups is 5. The zero-order valence-electron chi connectivity index (χ0n) is 56.1. The highest BCUT2D eigenvalue weighted by Gasteiger charge is 2.44. The van der Waals surface area contributed by atoms with Crippen LogP contribution in [-0.4, -0.2) is 87.5 Å². The molecule has 6 N–H and O–H groups in total. The van der Waals surface area contributed by atoms with Gasteiger partial charge in [0.15, 0.2) is 6.29 Å². The van der Waals surface area contributed by atoms with Crippen molar-refractivity contribution in [2.75, 3.05) is 13.2 Å². The number of carbonyl (C=O) groups is 1. The van der Waals surface area contributed by atoms with Crippen LogP contribution in [0.2, 0.25) is 0 Å². The summed E-state index contributed by atoms with van der Waals surface area (Å²) in [4.78, 5) is 13.2. The maximum Gasteiger partial charge on any atom is 0.220 e. The normalized spacial score (nSPS) is 18.5. The fourth-order valence-corrected chi connectivity index (χ4v) is 11.6. The van der Waals surface area contributed by atoms with Gasteiger partial charge in [0.1, 0.15) is 24.4 Å². The van der Waals surface area contributed by atoms with Gasteiger partial charge in [0, 0.05) is 6.42 Å². The molecule has 1 fully saturated rings. The monoisotopic (exact) mass is 1210 g/mol. The molecule has 1 rings (SSSR count). The predicted molar refractivity (Wildman–Crippen MR) is 368 cm³/mol. The summed E-state index contributed by atoms with van der Waals surface area (Å²) in [6, 6.07) is -0.726. The Morgan fingerprint density at radius 3 is 1.07 bits per heavy atom.